The summed E-state index contributed by atoms with van der Waals surface area (Å²) in [7, 11) is 0. The maximum atomic E-state index is 5.89. The predicted molar refractivity (Wildman–Crippen MR) is 73.0 cm³/mol. The van der Waals surface area contributed by atoms with Gasteiger partial charge in [0.15, 0.2) is 0 Å². The van der Waals surface area contributed by atoms with E-state index in [0.29, 0.717) is 6.04 Å². The zero-order valence-corrected chi connectivity index (χ0v) is 11.0. The number of benzene rings is 1. The van der Waals surface area contributed by atoms with Gasteiger partial charge >= 0.3 is 0 Å². The van der Waals surface area contributed by atoms with Crippen molar-refractivity contribution in [1.82, 2.24) is 5.32 Å². The molecule has 1 fully saturated rings. The highest BCUT2D eigenvalue weighted by Gasteiger charge is 2.20. The van der Waals surface area contributed by atoms with Crippen LogP contribution in [0.3, 0.4) is 0 Å². The molecule has 1 heterocycles. The summed E-state index contributed by atoms with van der Waals surface area (Å²) in [5, 5.41) is 4.24. The molecule has 16 heavy (non-hydrogen) atoms. The van der Waals surface area contributed by atoms with E-state index < -0.39 is 0 Å². The molecule has 0 aromatic heterocycles. The minimum Gasteiger partial charge on any atom is -0.366 e. The smallest absolute Gasteiger partial charge is 0.0412 e. The molecule has 4 heteroatoms. The molecule has 1 N–H and O–H groups in total. The Morgan fingerprint density at radius 1 is 1.38 bits per heavy atom. The normalized spacial score (nSPS) is 20.4. The van der Waals surface area contributed by atoms with Crippen molar-refractivity contribution in [2.24, 2.45) is 0 Å². The van der Waals surface area contributed by atoms with E-state index in [1.807, 2.05) is 12.1 Å². The molecule has 1 saturated heterocycles. The van der Waals surface area contributed by atoms with Gasteiger partial charge in [0.2, 0.25) is 0 Å². The molecule has 0 aliphatic carbocycles. The maximum Gasteiger partial charge on any atom is 0.0412 e. The third-order valence-electron chi connectivity index (χ3n) is 2.98. The van der Waals surface area contributed by atoms with Gasteiger partial charge in [0.05, 0.1) is 0 Å². The highest BCUT2D eigenvalue weighted by molar-refractivity contribution is 6.30. The van der Waals surface area contributed by atoms with Crippen molar-refractivity contribution in [1.29, 1.82) is 0 Å². The Kier molecular flexibility index (Phi) is 5.39. The van der Waals surface area contributed by atoms with Crippen molar-refractivity contribution in [3.8, 4) is 0 Å². The van der Waals surface area contributed by atoms with Crippen LogP contribution in [0.25, 0.3) is 0 Å². The van der Waals surface area contributed by atoms with Crippen LogP contribution in [0.15, 0.2) is 24.3 Å². The largest absolute Gasteiger partial charge is 0.366 e. The van der Waals surface area contributed by atoms with E-state index in [2.05, 4.69) is 29.3 Å². The first-order chi connectivity index (χ1) is 7.31. The maximum absolute atomic E-state index is 5.89. The summed E-state index contributed by atoms with van der Waals surface area (Å²) in [5.74, 6) is 0. The van der Waals surface area contributed by atoms with Crippen LogP contribution in [0, 0.1) is 0 Å². The lowest BCUT2D eigenvalue weighted by Gasteiger charge is -2.37. The molecular weight excluding hydrogens is 243 g/mol. The lowest BCUT2D eigenvalue weighted by Crippen LogP contribution is -2.51. The SMILES string of the molecule is CCC1CNCCN1c1ccc(Cl)cc1.Cl. The van der Waals surface area contributed by atoms with E-state index in [-0.39, 0.29) is 12.4 Å². The fraction of sp³-hybridized carbons (Fsp3) is 0.500. The van der Waals surface area contributed by atoms with E-state index in [1.54, 1.807) is 0 Å². The quantitative estimate of drug-likeness (QED) is 0.880. The van der Waals surface area contributed by atoms with Crippen LogP contribution in [0.4, 0.5) is 5.69 Å². The van der Waals surface area contributed by atoms with E-state index in [9.17, 15) is 0 Å². The van der Waals surface area contributed by atoms with E-state index >= 15 is 0 Å². The molecular formula is C12H18Cl2N2. The topological polar surface area (TPSA) is 15.3 Å². The second-order valence-corrected chi connectivity index (χ2v) is 4.37. The molecule has 0 radical (unpaired) electrons. The summed E-state index contributed by atoms with van der Waals surface area (Å²) in [5.41, 5.74) is 1.28. The van der Waals surface area contributed by atoms with Crippen LogP contribution in [0.1, 0.15) is 13.3 Å². The Hall–Kier alpha value is -0.440. The average molecular weight is 261 g/mol. The number of halogens is 2. The third kappa shape index (κ3) is 3.03. The minimum atomic E-state index is 0. The standard InChI is InChI=1S/C12H17ClN2.ClH/c1-2-11-9-14-7-8-15(11)12-5-3-10(13)4-6-12;/h3-6,11,14H,2,7-9H2,1H3;1H. The van der Waals surface area contributed by atoms with Crippen LogP contribution < -0.4 is 10.2 Å². The molecule has 0 saturated carbocycles. The minimum absolute atomic E-state index is 0. The average Bonchev–Trinajstić information content (AvgIpc) is 2.30. The number of hydrogen-bond acceptors (Lipinski definition) is 2. The molecule has 0 bridgehead atoms. The monoisotopic (exact) mass is 260 g/mol. The summed E-state index contributed by atoms with van der Waals surface area (Å²) < 4.78 is 0. The van der Waals surface area contributed by atoms with Gasteiger partial charge in [-0.3, -0.25) is 0 Å². The van der Waals surface area contributed by atoms with Gasteiger partial charge in [-0.2, -0.15) is 0 Å². The number of piperazine rings is 1. The Morgan fingerprint density at radius 2 is 2.06 bits per heavy atom. The van der Waals surface area contributed by atoms with Crippen molar-refractivity contribution >= 4 is 29.7 Å². The number of anilines is 1. The third-order valence-corrected chi connectivity index (χ3v) is 3.23. The molecule has 0 spiro atoms. The van der Waals surface area contributed by atoms with Crippen molar-refractivity contribution in [2.45, 2.75) is 19.4 Å². The van der Waals surface area contributed by atoms with Gasteiger partial charge in [-0.15, -0.1) is 12.4 Å². The molecule has 1 aromatic rings. The Bertz CT molecular complexity index is 313. The molecule has 2 nitrogen and oxygen atoms in total. The van der Waals surface area contributed by atoms with E-state index in [4.69, 9.17) is 11.6 Å². The van der Waals surface area contributed by atoms with E-state index in [0.717, 1.165) is 24.7 Å². The first-order valence-electron chi connectivity index (χ1n) is 5.54. The molecule has 1 aromatic carbocycles. The number of nitrogens with one attached hydrogen (secondary N) is 1. The van der Waals surface area contributed by atoms with Crippen LogP contribution in [-0.4, -0.2) is 25.7 Å². The van der Waals surface area contributed by atoms with Gasteiger partial charge in [-0.05, 0) is 30.7 Å². The van der Waals surface area contributed by atoms with Gasteiger partial charge < -0.3 is 10.2 Å². The van der Waals surface area contributed by atoms with Gasteiger partial charge in [0, 0.05) is 36.4 Å². The number of rotatable bonds is 2. The molecule has 0 amide bonds. The second kappa shape index (κ2) is 6.33. The second-order valence-electron chi connectivity index (χ2n) is 3.94. The predicted octanol–water partition coefficient (Wildman–Crippen LogP) is 2.95. The van der Waals surface area contributed by atoms with Gasteiger partial charge in [0.25, 0.3) is 0 Å². The van der Waals surface area contributed by atoms with Crippen molar-refractivity contribution in [2.75, 3.05) is 24.5 Å². The number of nitrogens with zero attached hydrogens (tertiary/aromatic N) is 1. The molecule has 1 atom stereocenters. The molecule has 90 valence electrons. The first-order valence-corrected chi connectivity index (χ1v) is 5.92. The van der Waals surface area contributed by atoms with Gasteiger partial charge in [-0.25, -0.2) is 0 Å². The fourth-order valence-corrected chi connectivity index (χ4v) is 2.22. The van der Waals surface area contributed by atoms with E-state index in [1.165, 1.54) is 12.1 Å². The van der Waals surface area contributed by atoms with Crippen LogP contribution >= 0.6 is 24.0 Å². The molecule has 1 unspecified atom stereocenters. The van der Waals surface area contributed by atoms with Crippen LogP contribution in [0.2, 0.25) is 5.02 Å². The molecule has 1 aliphatic rings. The first kappa shape index (κ1) is 13.6. The highest BCUT2D eigenvalue weighted by atomic mass is 35.5. The van der Waals surface area contributed by atoms with Crippen molar-refractivity contribution in [3.05, 3.63) is 29.3 Å². The molecule has 1 aliphatic heterocycles. The van der Waals surface area contributed by atoms with Crippen LogP contribution in [0.5, 0.6) is 0 Å². The van der Waals surface area contributed by atoms with Crippen molar-refractivity contribution in [3.63, 3.8) is 0 Å². The summed E-state index contributed by atoms with van der Waals surface area (Å²) in [6.07, 6.45) is 1.18. The summed E-state index contributed by atoms with van der Waals surface area (Å²) in [4.78, 5) is 2.47. The lowest BCUT2D eigenvalue weighted by molar-refractivity contribution is 0.466. The summed E-state index contributed by atoms with van der Waals surface area (Å²) in [6, 6.07) is 8.75. The van der Waals surface area contributed by atoms with Crippen LogP contribution in [-0.2, 0) is 0 Å². The Labute approximate surface area is 108 Å². The Balaban J connectivity index is 0.00000128. The summed E-state index contributed by atoms with van der Waals surface area (Å²) in [6.45, 7) is 5.47. The van der Waals surface area contributed by atoms with Crippen molar-refractivity contribution < 1.29 is 0 Å². The van der Waals surface area contributed by atoms with Gasteiger partial charge in [0.1, 0.15) is 0 Å². The molecule has 2 rings (SSSR count). The fourth-order valence-electron chi connectivity index (χ4n) is 2.10. The van der Waals surface area contributed by atoms with Gasteiger partial charge in [-0.1, -0.05) is 18.5 Å². The number of hydrogen-bond donors (Lipinski definition) is 1. The summed E-state index contributed by atoms with van der Waals surface area (Å²) >= 11 is 5.89. The highest BCUT2D eigenvalue weighted by Crippen LogP contribution is 2.21. The zero-order chi connectivity index (χ0) is 10.7. The Morgan fingerprint density at radius 3 is 2.69 bits per heavy atom. The lowest BCUT2D eigenvalue weighted by atomic mass is 10.1. The zero-order valence-electron chi connectivity index (χ0n) is 9.45.